The van der Waals surface area contributed by atoms with Crippen LogP contribution in [0.3, 0.4) is 0 Å². The number of carbonyl (C=O) groups excluding carboxylic acids is 2. The average Bonchev–Trinajstić information content (AvgIpc) is 2.66. The second kappa shape index (κ2) is 8.83. The summed E-state index contributed by atoms with van der Waals surface area (Å²) in [6.07, 6.45) is -5.27. The standard InChI is InChI=1S/C19H18F4N2O3/c1-2-28-17(27)18(19(21,22)23,24-12-14-10-6-7-11-15(14)20)25-16(26)13-8-4-3-5-9-13/h3-11,24H,2,12H2,1H3,(H,25,26). The Morgan fingerprint density at radius 2 is 1.61 bits per heavy atom. The zero-order valence-corrected chi connectivity index (χ0v) is 14.8. The number of amides is 1. The highest BCUT2D eigenvalue weighted by atomic mass is 19.4. The number of carbonyl (C=O) groups is 2. The molecule has 0 aliphatic rings. The molecule has 0 saturated heterocycles. The van der Waals surface area contributed by atoms with Gasteiger partial charge in [-0.25, -0.2) is 9.18 Å². The molecule has 2 N–H and O–H groups in total. The van der Waals surface area contributed by atoms with Gasteiger partial charge in [-0.3, -0.25) is 10.1 Å². The van der Waals surface area contributed by atoms with E-state index in [0.29, 0.717) is 0 Å². The van der Waals surface area contributed by atoms with Gasteiger partial charge in [0.15, 0.2) is 0 Å². The maximum Gasteiger partial charge on any atom is 0.436 e. The number of ether oxygens (including phenoxy) is 1. The van der Waals surface area contributed by atoms with Crippen molar-refractivity contribution < 1.29 is 31.9 Å². The highest BCUT2D eigenvalue weighted by Gasteiger charge is 2.63. The van der Waals surface area contributed by atoms with Gasteiger partial charge < -0.3 is 10.1 Å². The lowest BCUT2D eigenvalue weighted by atomic mass is 10.1. The Morgan fingerprint density at radius 3 is 2.18 bits per heavy atom. The fourth-order valence-electron chi connectivity index (χ4n) is 2.40. The maximum absolute atomic E-state index is 14.0. The number of hydrogen-bond donors (Lipinski definition) is 2. The Bertz CT molecular complexity index is 827. The Balaban J connectivity index is 2.41. The van der Waals surface area contributed by atoms with Crippen molar-refractivity contribution in [3.05, 3.63) is 71.5 Å². The van der Waals surface area contributed by atoms with Crippen molar-refractivity contribution in [3.63, 3.8) is 0 Å². The predicted octanol–water partition coefficient (Wildman–Crippen LogP) is 3.17. The van der Waals surface area contributed by atoms with Gasteiger partial charge in [0.2, 0.25) is 0 Å². The Hall–Kier alpha value is -2.94. The second-order valence-corrected chi connectivity index (χ2v) is 5.73. The summed E-state index contributed by atoms with van der Waals surface area (Å²) in [7, 11) is 0. The zero-order valence-electron chi connectivity index (χ0n) is 14.8. The Kier molecular flexibility index (Phi) is 6.74. The van der Waals surface area contributed by atoms with E-state index in [0.717, 1.165) is 6.07 Å². The van der Waals surface area contributed by atoms with E-state index in [-0.39, 0.29) is 17.7 Å². The molecule has 2 rings (SSSR count). The van der Waals surface area contributed by atoms with E-state index in [4.69, 9.17) is 0 Å². The smallest absolute Gasteiger partial charge is 0.436 e. The molecule has 0 spiro atoms. The monoisotopic (exact) mass is 398 g/mol. The molecule has 0 aliphatic carbocycles. The van der Waals surface area contributed by atoms with Crippen molar-refractivity contribution in [2.24, 2.45) is 0 Å². The van der Waals surface area contributed by atoms with Crippen molar-refractivity contribution in [2.45, 2.75) is 25.3 Å². The largest absolute Gasteiger partial charge is 0.463 e. The maximum atomic E-state index is 14.0. The van der Waals surface area contributed by atoms with Gasteiger partial charge in [0.25, 0.3) is 11.6 Å². The molecular formula is C19H18F4N2O3. The van der Waals surface area contributed by atoms with Crippen LogP contribution in [0.4, 0.5) is 17.6 Å². The summed E-state index contributed by atoms with van der Waals surface area (Å²) in [5.41, 5.74) is -3.76. The first kappa shape index (κ1) is 21.4. The van der Waals surface area contributed by atoms with Crippen LogP contribution in [0, 0.1) is 5.82 Å². The number of alkyl halides is 3. The van der Waals surface area contributed by atoms with Gasteiger partial charge in [0.1, 0.15) is 5.82 Å². The molecule has 1 amide bonds. The van der Waals surface area contributed by atoms with E-state index in [1.807, 2.05) is 5.32 Å². The lowest BCUT2D eigenvalue weighted by Crippen LogP contribution is -2.72. The molecule has 0 bridgehead atoms. The molecule has 0 aromatic heterocycles. The van der Waals surface area contributed by atoms with Crippen LogP contribution in [0.5, 0.6) is 0 Å². The van der Waals surface area contributed by atoms with Gasteiger partial charge >= 0.3 is 12.1 Å². The molecule has 0 heterocycles. The molecule has 0 saturated carbocycles. The number of esters is 1. The van der Waals surface area contributed by atoms with Gasteiger partial charge in [0.05, 0.1) is 6.61 Å². The van der Waals surface area contributed by atoms with Crippen LogP contribution in [-0.4, -0.2) is 30.3 Å². The summed E-state index contributed by atoms with van der Waals surface area (Å²) in [6, 6.07) is 12.2. The van der Waals surface area contributed by atoms with Gasteiger partial charge in [-0.1, -0.05) is 36.4 Å². The molecule has 1 unspecified atom stereocenters. The fraction of sp³-hybridized carbons (Fsp3) is 0.263. The van der Waals surface area contributed by atoms with Crippen LogP contribution in [0.15, 0.2) is 54.6 Å². The number of hydrogen-bond acceptors (Lipinski definition) is 4. The molecule has 0 aliphatic heterocycles. The summed E-state index contributed by atoms with van der Waals surface area (Å²) < 4.78 is 60.2. The normalized spacial score (nSPS) is 13.5. The Labute approximate surface area is 158 Å². The summed E-state index contributed by atoms with van der Waals surface area (Å²) in [5.74, 6) is -3.65. The quantitative estimate of drug-likeness (QED) is 0.427. The molecular weight excluding hydrogens is 380 g/mol. The topological polar surface area (TPSA) is 67.4 Å². The number of rotatable bonds is 7. The molecule has 0 radical (unpaired) electrons. The van der Waals surface area contributed by atoms with Gasteiger partial charge in [-0.2, -0.15) is 13.2 Å². The minimum Gasteiger partial charge on any atom is -0.463 e. The molecule has 1 atom stereocenters. The first-order valence-electron chi connectivity index (χ1n) is 8.31. The van der Waals surface area contributed by atoms with Crippen LogP contribution in [0.1, 0.15) is 22.8 Å². The van der Waals surface area contributed by atoms with Crippen LogP contribution >= 0.6 is 0 Å². The minimum atomic E-state index is -5.27. The van der Waals surface area contributed by atoms with E-state index in [2.05, 4.69) is 4.74 Å². The van der Waals surface area contributed by atoms with Crippen LogP contribution in [0.2, 0.25) is 0 Å². The fourth-order valence-corrected chi connectivity index (χ4v) is 2.40. The zero-order chi connectivity index (χ0) is 20.8. The number of halogens is 4. The van der Waals surface area contributed by atoms with Gasteiger partial charge in [-0.05, 0) is 25.1 Å². The third-order valence-electron chi connectivity index (χ3n) is 3.85. The van der Waals surface area contributed by atoms with E-state index in [9.17, 15) is 27.2 Å². The molecule has 28 heavy (non-hydrogen) atoms. The van der Waals surface area contributed by atoms with E-state index in [1.54, 1.807) is 11.4 Å². The van der Waals surface area contributed by atoms with E-state index < -0.39 is 36.1 Å². The summed E-state index contributed by atoms with van der Waals surface area (Å²) in [6.45, 7) is 0.300. The molecule has 0 fully saturated rings. The first-order valence-corrected chi connectivity index (χ1v) is 8.31. The van der Waals surface area contributed by atoms with Gasteiger partial charge in [-0.15, -0.1) is 0 Å². The molecule has 150 valence electrons. The number of nitrogens with one attached hydrogen (secondary N) is 2. The van der Waals surface area contributed by atoms with E-state index >= 15 is 0 Å². The average molecular weight is 398 g/mol. The van der Waals surface area contributed by atoms with Crippen LogP contribution in [-0.2, 0) is 16.1 Å². The van der Waals surface area contributed by atoms with Crippen molar-refractivity contribution in [1.29, 1.82) is 0 Å². The third-order valence-corrected chi connectivity index (χ3v) is 3.85. The summed E-state index contributed by atoms with van der Waals surface area (Å²) in [5, 5.41) is 3.63. The van der Waals surface area contributed by atoms with Crippen LogP contribution in [0.25, 0.3) is 0 Å². The van der Waals surface area contributed by atoms with Crippen molar-refractivity contribution in [3.8, 4) is 0 Å². The lowest BCUT2D eigenvalue weighted by molar-refractivity contribution is -0.219. The predicted molar refractivity (Wildman–Crippen MR) is 92.6 cm³/mol. The highest BCUT2D eigenvalue weighted by Crippen LogP contribution is 2.31. The van der Waals surface area contributed by atoms with Crippen molar-refractivity contribution in [2.75, 3.05) is 6.61 Å². The van der Waals surface area contributed by atoms with Crippen molar-refractivity contribution in [1.82, 2.24) is 10.6 Å². The SMILES string of the molecule is CCOC(=O)C(NCc1ccccc1F)(NC(=O)c1ccccc1)C(F)(F)F. The Morgan fingerprint density at radius 1 is 1.00 bits per heavy atom. The summed E-state index contributed by atoms with van der Waals surface area (Å²) in [4.78, 5) is 24.6. The van der Waals surface area contributed by atoms with Crippen molar-refractivity contribution >= 4 is 11.9 Å². The lowest BCUT2D eigenvalue weighted by Gasteiger charge is -2.35. The van der Waals surface area contributed by atoms with Gasteiger partial charge in [0, 0.05) is 17.7 Å². The molecule has 2 aromatic carbocycles. The highest BCUT2D eigenvalue weighted by molar-refractivity contribution is 5.98. The first-order chi connectivity index (χ1) is 13.2. The molecule has 9 heteroatoms. The molecule has 2 aromatic rings. The molecule has 5 nitrogen and oxygen atoms in total. The second-order valence-electron chi connectivity index (χ2n) is 5.73. The number of benzene rings is 2. The summed E-state index contributed by atoms with van der Waals surface area (Å²) >= 11 is 0. The minimum absolute atomic E-state index is 0.0897. The van der Waals surface area contributed by atoms with E-state index in [1.165, 1.54) is 49.4 Å². The third kappa shape index (κ3) is 4.66. The van der Waals surface area contributed by atoms with Crippen LogP contribution < -0.4 is 10.6 Å².